The molecule has 0 radical (unpaired) electrons. The lowest BCUT2D eigenvalue weighted by atomic mass is 10.0. The van der Waals surface area contributed by atoms with E-state index in [1.54, 1.807) is 7.11 Å². The molecule has 2 aromatic carbocycles. The highest BCUT2D eigenvalue weighted by Gasteiger charge is 2.09. The van der Waals surface area contributed by atoms with E-state index < -0.39 is 0 Å². The van der Waals surface area contributed by atoms with Crippen LogP contribution in [0, 0.1) is 5.92 Å². The monoisotopic (exact) mass is 271 g/mol. The van der Waals surface area contributed by atoms with Crippen LogP contribution in [-0.4, -0.2) is 13.2 Å². The Hall–Kier alpha value is -1.54. The fourth-order valence-electron chi connectivity index (χ4n) is 2.34. The molecule has 0 aliphatic carbocycles. The molecule has 0 spiro atoms. The van der Waals surface area contributed by atoms with Gasteiger partial charge >= 0.3 is 0 Å². The number of rotatable bonds is 6. The Bertz CT molecular complexity index is 564. The van der Waals surface area contributed by atoms with Crippen LogP contribution in [0.15, 0.2) is 36.4 Å². The van der Waals surface area contributed by atoms with Crippen LogP contribution in [0.3, 0.4) is 0 Å². The normalized spacial score (nSPS) is 14.2. The minimum atomic E-state index is 0.548. The standard InChI is InChI=1S/C18H25NO/c1-5-13(2)14(3)19-12-15-6-7-17-11-18(20-4)9-8-16(17)10-15/h6-11,13-14,19H,5,12H2,1-4H3. The van der Waals surface area contributed by atoms with E-state index in [1.807, 2.05) is 6.07 Å². The van der Waals surface area contributed by atoms with Gasteiger partial charge in [-0.3, -0.25) is 0 Å². The first-order valence-electron chi connectivity index (χ1n) is 7.44. The second-order valence-corrected chi connectivity index (χ2v) is 5.60. The Labute approximate surface area is 122 Å². The molecule has 0 aromatic heterocycles. The van der Waals surface area contributed by atoms with E-state index in [0.717, 1.165) is 12.3 Å². The number of hydrogen-bond acceptors (Lipinski definition) is 2. The molecule has 2 rings (SSSR count). The van der Waals surface area contributed by atoms with E-state index in [2.05, 4.69) is 56.4 Å². The molecule has 2 aromatic rings. The number of hydrogen-bond donors (Lipinski definition) is 1. The maximum atomic E-state index is 5.26. The van der Waals surface area contributed by atoms with E-state index in [9.17, 15) is 0 Å². The first-order chi connectivity index (χ1) is 9.63. The summed E-state index contributed by atoms with van der Waals surface area (Å²) in [7, 11) is 1.70. The molecule has 0 saturated heterocycles. The molecule has 20 heavy (non-hydrogen) atoms. The summed E-state index contributed by atoms with van der Waals surface area (Å²) in [5, 5.41) is 6.10. The second-order valence-electron chi connectivity index (χ2n) is 5.60. The zero-order valence-electron chi connectivity index (χ0n) is 12.9. The molecule has 0 saturated carbocycles. The van der Waals surface area contributed by atoms with Crippen molar-refractivity contribution in [2.75, 3.05) is 7.11 Å². The Morgan fingerprint density at radius 3 is 2.45 bits per heavy atom. The fraction of sp³-hybridized carbons (Fsp3) is 0.444. The van der Waals surface area contributed by atoms with Crippen molar-refractivity contribution >= 4 is 10.8 Å². The molecule has 108 valence electrons. The Morgan fingerprint density at radius 1 is 1.05 bits per heavy atom. The van der Waals surface area contributed by atoms with Gasteiger partial charge in [-0.05, 0) is 47.4 Å². The Morgan fingerprint density at radius 2 is 1.75 bits per heavy atom. The van der Waals surface area contributed by atoms with Gasteiger partial charge < -0.3 is 10.1 Å². The Kier molecular flexibility index (Phi) is 5.02. The van der Waals surface area contributed by atoms with Crippen molar-refractivity contribution in [1.82, 2.24) is 5.32 Å². The van der Waals surface area contributed by atoms with Crippen molar-refractivity contribution in [3.8, 4) is 5.75 Å². The molecule has 0 bridgehead atoms. The summed E-state index contributed by atoms with van der Waals surface area (Å²) in [5.74, 6) is 1.62. The number of fused-ring (bicyclic) bond motifs is 1. The van der Waals surface area contributed by atoms with Crippen molar-refractivity contribution in [1.29, 1.82) is 0 Å². The van der Waals surface area contributed by atoms with Gasteiger partial charge in [0.25, 0.3) is 0 Å². The molecule has 2 nitrogen and oxygen atoms in total. The number of ether oxygens (including phenoxy) is 1. The average Bonchev–Trinajstić information content (AvgIpc) is 2.50. The highest BCUT2D eigenvalue weighted by molar-refractivity contribution is 5.84. The van der Waals surface area contributed by atoms with Gasteiger partial charge in [-0.15, -0.1) is 0 Å². The number of methoxy groups -OCH3 is 1. The lowest BCUT2D eigenvalue weighted by Crippen LogP contribution is -2.31. The molecule has 2 heteroatoms. The van der Waals surface area contributed by atoms with E-state index in [0.29, 0.717) is 12.0 Å². The van der Waals surface area contributed by atoms with Crippen LogP contribution in [0.4, 0.5) is 0 Å². The maximum Gasteiger partial charge on any atom is 0.119 e. The largest absolute Gasteiger partial charge is 0.497 e. The minimum absolute atomic E-state index is 0.548. The summed E-state index contributed by atoms with van der Waals surface area (Å²) in [4.78, 5) is 0. The van der Waals surface area contributed by atoms with Gasteiger partial charge in [-0.1, -0.05) is 38.5 Å². The van der Waals surface area contributed by atoms with Crippen LogP contribution in [0.1, 0.15) is 32.8 Å². The zero-order chi connectivity index (χ0) is 14.5. The molecule has 0 aliphatic heterocycles. The summed E-state index contributed by atoms with van der Waals surface area (Å²) in [6.45, 7) is 7.73. The Balaban J connectivity index is 2.08. The van der Waals surface area contributed by atoms with Crippen LogP contribution in [-0.2, 0) is 6.54 Å². The molecule has 1 N–H and O–H groups in total. The van der Waals surface area contributed by atoms with Gasteiger partial charge in [-0.25, -0.2) is 0 Å². The summed E-state index contributed by atoms with van der Waals surface area (Å²) in [6.07, 6.45) is 1.21. The molecule has 0 heterocycles. The second kappa shape index (κ2) is 6.76. The van der Waals surface area contributed by atoms with Crippen LogP contribution in [0.5, 0.6) is 5.75 Å². The van der Waals surface area contributed by atoms with Gasteiger partial charge in [0.1, 0.15) is 5.75 Å². The summed E-state index contributed by atoms with van der Waals surface area (Å²) in [6, 6.07) is 13.4. The van der Waals surface area contributed by atoms with Gasteiger partial charge in [-0.2, -0.15) is 0 Å². The molecule has 0 amide bonds. The van der Waals surface area contributed by atoms with Crippen molar-refractivity contribution in [3.05, 3.63) is 42.0 Å². The van der Waals surface area contributed by atoms with Crippen LogP contribution in [0.2, 0.25) is 0 Å². The molecular weight excluding hydrogens is 246 g/mol. The molecule has 2 unspecified atom stereocenters. The number of benzene rings is 2. The van der Waals surface area contributed by atoms with E-state index in [1.165, 1.54) is 22.8 Å². The highest BCUT2D eigenvalue weighted by Crippen LogP contribution is 2.22. The summed E-state index contributed by atoms with van der Waals surface area (Å²) < 4.78 is 5.26. The molecule has 2 atom stereocenters. The number of nitrogens with one attached hydrogen (secondary N) is 1. The molecular formula is C18H25NO. The first-order valence-corrected chi connectivity index (χ1v) is 7.44. The predicted octanol–water partition coefficient (Wildman–Crippen LogP) is 4.37. The maximum absolute atomic E-state index is 5.26. The third-order valence-electron chi connectivity index (χ3n) is 4.24. The van der Waals surface area contributed by atoms with Crippen LogP contribution < -0.4 is 10.1 Å². The molecule has 0 aliphatic rings. The van der Waals surface area contributed by atoms with Crippen LogP contribution in [0.25, 0.3) is 10.8 Å². The third-order valence-corrected chi connectivity index (χ3v) is 4.24. The van der Waals surface area contributed by atoms with Gasteiger partial charge in [0.15, 0.2) is 0 Å². The lowest BCUT2D eigenvalue weighted by molar-refractivity contribution is 0.389. The van der Waals surface area contributed by atoms with Crippen LogP contribution >= 0.6 is 0 Å². The predicted molar refractivity (Wildman–Crippen MR) is 86.3 cm³/mol. The fourth-order valence-corrected chi connectivity index (χ4v) is 2.34. The quantitative estimate of drug-likeness (QED) is 0.842. The smallest absolute Gasteiger partial charge is 0.119 e. The van der Waals surface area contributed by atoms with Gasteiger partial charge in [0.05, 0.1) is 7.11 Å². The highest BCUT2D eigenvalue weighted by atomic mass is 16.5. The zero-order valence-corrected chi connectivity index (χ0v) is 12.9. The lowest BCUT2D eigenvalue weighted by Gasteiger charge is -2.20. The van der Waals surface area contributed by atoms with Crippen molar-refractivity contribution in [2.45, 2.75) is 39.8 Å². The van der Waals surface area contributed by atoms with Crippen molar-refractivity contribution in [2.24, 2.45) is 5.92 Å². The SMILES string of the molecule is CCC(C)C(C)NCc1ccc2cc(OC)ccc2c1. The summed E-state index contributed by atoms with van der Waals surface area (Å²) in [5.41, 5.74) is 1.33. The van der Waals surface area contributed by atoms with E-state index in [4.69, 9.17) is 4.74 Å². The van der Waals surface area contributed by atoms with Gasteiger partial charge in [0, 0.05) is 12.6 Å². The van der Waals surface area contributed by atoms with Crippen molar-refractivity contribution < 1.29 is 4.74 Å². The third kappa shape index (κ3) is 3.51. The van der Waals surface area contributed by atoms with Gasteiger partial charge in [0.2, 0.25) is 0 Å². The average molecular weight is 271 g/mol. The topological polar surface area (TPSA) is 21.3 Å². The van der Waals surface area contributed by atoms with E-state index in [-0.39, 0.29) is 0 Å². The summed E-state index contributed by atoms with van der Waals surface area (Å²) >= 11 is 0. The minimum Gasteiger partial charge on any atom is -0.497 e. The van der Waals surface area contributed by atoms with Crippen molar-refractivity contribution in [3.63, 3.8) is 0 Å². The first kappa shape index (κ1) is 14.9. The van der Waals surface area contributed by atoms with E-state index >= 15 is 0 Å². The molecule has 0 fully saturated rings.